The number of hydrogen-bond donors (Lipinski definition) is 1. The third kappa shape index (κ3) is 3.11. The molecule has 4 nitrogen and oxygen atoms in total. The maximum absolute atomic E-state index is 8.88. The van der Waals surface area contributed by atoms with Gasteiger partial charge in [0.1, 0.15) is 16.9 Å². The number of benzene rings is 4. The fourth-order valence-electron chi connectivity index (χ4n) is 3.68. The van der Waals surface area contributed by atoms with Gasteiger partial charge in [0.05, 0.1) is 11.1 Å². The second-order valence-electron chi connectivity index (χ2n) is 6.64. The molecule has 5 heteroatoms. The van der Waals surface area contributed by atoms with Crippen LogP contribution in [-0.4, -0.2) is 12.7 Å². The van der Waals surface area contributed by atoms with Crippen LogP contribution in [0.25, 0.3) is 21.9 Å². The van der Waals surface area contributed by atoms with E-state index in [9.17, 15) is 0 Å². The Morgan fingerprint density at radius 1 is 0.690 bits per heavy atom. The molecule has 1 aromatic heterocycles. The summed E-state index contributed by atoms with van der Waals surface area (Å²) in [5.41, 5.74) is 4.75. The van der Waals surface area contributed by atoms with Crippen LogP contribution in [-0.2, 0) is 0 Å². The predicted octanol–water partition coefficient (Wildman–Crippen LogP) is 5.96. The maximum Gasteiger partial charge on any atom is 0.569 e. The molecule has 0 aliphatic rings. The largest absolute Gasteiger partial charge is 0.569 e. The SMILES string of the molecule is O[B]Oc1ccc(N(c2ccccc2)c2cccc3oc4ccccc4c23)cc1. The zero-order chi connectivity index (χ0) is 19.6. The van der Waals surface area contributed by atoms with Crippen LogP contribution in [0.3, 0.4) is 0 Å². The summed E-state index contributed by atoms with van der Waals surface area (Å²) in [4.78, 5) is 2.19. The molecule has 0 atom stereocenters. The zero-order valence-corrected chi connectivity index (χ0v) is 15.5. The molecule has 5 rings (SSSR count). The van der Waals surface area contributed by atoms with Gasteiger partial charge in [0, 0.05) is 16.8 Å². The van der Waals surface area contributed by atoms with E-state index in [1.54, 1.807) is 0 Å². The van der Waals surface area contributed by atoms with Crippen molar-refractivity contribution in [3.05, 3.63) is 97.1 Å². The van der Waals surface area contributed by atoms with Crippen molar-refractivity contribution in [2.75, 3.05) is 4.90 Å². The van der Waals surface area contributed by atoms with Gasteiger partial charge in [0.2, 0.25) is 0 Å². The van der Waals surface area contributed by atoms with Crippen molar-refractivity contribution in [2.24, 2.45) is 0 Å². The number of para-hydroxylation sites is 2. The van der Waals surface area contributed by atoms with E-state index < -0.39 is 0 Å². The van der Waals surface area contributed by atoms with Gasteiger partial charge < -0.3 is 19.0 Å². The zero-order valence-electron chi connectivity index (χ0n) is 15.5. The van der Waals surface area contributed by atoms with E-state index in [4.69, 9.17) is 14.1 Å². The average molecular weight is 378 g/mol. The van der Waals surface area contributed by atoms with Crippen LogP contribution in [0.2, 0.25) is 0 Å². The fourth-order valence-corrected chi connectivity index (χ4v) is 3.68. The third-order valence-electron chi connectivity index (χ3n) is 4.92. The van der Waals surface area contributed by atoms with Crippen LogP contribution < -0.4 is 9.55 Å². The first kappa shape index (κ1) is 17.4. The highest BCUT2D eigenvalue weighted by Gasteiger charge is 2.18. The fraction of sp³-hybridized carbons (Fsp3) is 0. The van der Waals surface area contributed by atoms with Gasteiger partial charge in [-0.05, 0) is 54.6 Å². The summed E-state index contributed by atoms with van der Waals surface area (Å²) in [7, 11) is 0.683. The summed E-state index contributed by atoms with van der Waals surface area (Å²) in [5, 5.41) is 11.0. The molecular formula is C24H17BNO3. The summed E-state index contributed by atoms with van der Waals surface area (Å²) >= 11 is 0. The molecule has 1 N–H and O–H groups in total. The van der Waals surface area contributed by atoms with Crippen LogP contribution in [0.15, 0.2) is 101 Å². The number of furan rings is 1. The molecule has 0 bridgehead atoms. The molecule has 0 saturated carbocycles. The monoisotopic (exact) mass is 378 g/mol. The van der Waals surface area contributed by atoms with E-state index in [-0.39, 0.29) is 0 Å². The van der Waals surface area contributed by atoms with Gasteiger partial charge >= 0.3 is 7.69 Å². The van der Waals surface area contributed by atoms with Crippen molar-refractivity contribution in [3.8, 4) is 5.75 Å². The van der Waals surface area contributed by atoms with Crippen molar-refractivity contribution < 1.29 is 14.1 Å². The molecule has 0 unspecified atom stereocenters. The Labute approximate surface area is 168 Å². The Bertz CT molecular complexity index is 1270. The molecule has 0 aliphatic heterocycles. The number of fused-ring (bicyclic) bond motifs is 3. The van der Waals surface area contributed by atoms with E-state index in [0.29, 0.717) is 13.4 Å². The second kappa shape index (κ2) is 7.38. The van der Waals surface area contributed by atoms with Crippen LogP contribution in [0.4, 0.5) is 17.1 Å². The molecular weight excluding hydrogens is 361 g/mol. The topological polar surface area (TPSA) is 45.8 Å². The first-order valence-corrected chi connectivity index (χ1v) is 9.33. The van der Waals surface area contributed by atoms with E-state index >= 15 is 0 Å². The van der Waals surface area contributed by atoms with Gasteiger partial charge in [0.25, 0.3) is 0 Å². The van der Waals surface area contributed by atoms with E-state index in [1.807, 2.05) is 72.8 Å². The van der Waals surface area contributed by atoms with E-state index in [1.165, 1.54) is 0 Å². The lowest BCUT2D eigenvalue weighted by molar-refractivity contribution is 0.454. The van der Waals surface area contributed by atoms with Gasteiger partial charge in [-0.2, -0.15) is 0 Å². The van der Waals surface area contributed by atoms with E-state index in [0.717, 1.165) is 39.0 Å². The Hall–Kier alpha value is -3.70. The van der Waals surface area contributed by atoms with E-state index in [2.05, 4.69) is 29.2 Å². The lowest BCUT2D eigenvalue weighted by atomic mass is 10.1. The molecule has 1 radical (unpaired) electrons. The highest BCUT2D eigenvalue weighted by Crippen LogP contribution is 2.42. The Kier molecular flexibility index (Phi) is 4.43. The minimum atomic E-state index is 0.566. The number of anilines is 3. The van der Waals surface area contributed by atoms with Crippen LogP contribution in [0, 0.1) is 0 Å². The number of hydrogen-bond acceptors (Lipinski definition) is 4. The van der Waals surface area contributed by atoms with Crippen molar-refractivity contribution in [1.82, 2.24) is 0 Å². The molecule has 1 heterocycles. The Balaban J connectivity index is 1.75. The molecule has 4 aromatic carbocycles. The maximum atomic E-state index is 8.88. The quantitative estimate of drug-likeness (QED) is 0.383. The van der Waals surface area contributed by atoms with Gasteiger partial charge in [0.15, 0.2) is 0 Å². The first-order valence-electron chi connectivity index (χ1n) is 9.33. The van der Waals surface area contributed by atoms with Gasteiger partial charge in [-0.25, -0.2) is 0 Å². The van der Waals surface area contributed by atoms with Crippen molar-refractivity contribution >= 4 is 46.7 Å². The molecule has 0 aliphatic carbocycles. The molecule has 0 fully saturated rings. The standard InChI is InChI=1S/C24H17BNO3/c27-25-29-19-15-13-18(14-16-19)26(17-7-2-1-3-8-17)21-10-6-12-23-24(21)20-9-4-5-11-22(20)28-23/h1-16,27H. The number of rotatable bonds is 5. The molecule has 0 amide bonds. The molecule has 5 aromatic rings. The third-order valence-corrected chi connectivity index (χ3v) is 4.92. The molecule has 29 heavy (non-hydrogen) atoms. The van der Waals surface area contributed by atoms with Crippen molar-refractivity contribution in [1.29, 1.82) is 0 Å². The second-order valence-corrected chi connectivity index (χ2v) is 6.64. The van der Waals surface area contributed by atoms with Crippen molar-refractivity contribution in [2.45, 2.75) is 0 Å². The highest BCUT2D eigenvalue weighted by atomic mass is 16.5. The summed E-state index contributed by atoms with van der Waals surface area (Å²) in [6.45, 7) is 0. The molecule has 0 spiro atoms. The van der Waals surface area contributed by atoms with Crippen LogP contribution >= 0.6 is 0 Å². The summed E-state index contributed by atoms with van der Waals surface area (Å²) in [5.74, 6) is 0.566. The van der Waals surface area contributed by atoms with Crippen LogP contribution in [0.1, 0.15) is 0 Å². The molecule has 139 valence electrons. The van der Waals surface area contributed by atoms with Crippen LogP contribution in [0.5, 0.6) is 5.75 Å². The first-order chi connectivity index (χ1) is 14.3. The van der Waals surface area contributed by atoms with Gasteiger partial charge in [-0.15, -0.1) is 0 Å². The van der Waals surface area contributed by atoms with Crippen molar-refractivity contribution in [3.63, 3.8) is 0 Å². The lowest BCUT2D eigenvalue weighted by Crippen LogP contribution is -2.10. The van der Waals surface area contributed by atoms with Gasteiger partial charge in [-0.3, -0.25) is 0 Å². The summed E-state index contributed by atoms with van der Waals surface area (Å²) in [6.07, 6.45) is 0. The minimum Gasteiger partial charge on any atom is -0.537 e. The molecule has 0 saturated heterocycles. The predicted molar refractivity (Wildman–Crippen MR) is 117 cm³/mol. The van der Waals surface area contributed by atoms with Gasteiger partial charge in [-0.1, -0.05) is 42.5 Å². The lowest BCUT2D eigenvalue weighted by Gasteiger charge is -2.26. The minimum absolute atomic E-state index is 0.566. The summed E-state index contributed by atoms with van der Waals surface area (Å²) in [6, 6.07) is 32.0. The Morgan fingerprint density at radius 3 is 2.17 bits per heavy atom. The smallest absolute Gasteiger partial charge is 0.537 e. The Morgan fingerprint density at radius 2 is 1.38 bits per heavy atom. The highest BCUT2D eigenvalue weighted by molar-refractivity contribution is 6.17. The normalized spacial score (nSPS) is 10.9. The summed E-state index contributed by atoms with van der Waals surface area (Å²) < 4.78 is 11.2. The number of nitrogens with zero attached hydrogens (tertiary/aromatic N) is 1. The average Bonchev–Trinajstić information content (AvgIpc) is 3.16.